The second kappa shape index (κ2) is 6.88. The summed E-state index contributed by atoms with van der Waals surface area (Å²) in [6, 6.07) is 6.66. The molecular weight excluding hydrogens is 322 g/mol. The number of carbonyl (C=O) groups is 4. The summed E-state index contributed by atoms with van der Waals surface area (Å²) in [7, 11) is 0. The van der Waals surface area contributed by atoms with E-state index in [1.807, 2.05) is 12.2 Å². The smallest absolute Gasteiger partial charge is 0.244 e. The van der Waals surface area contributed by atoms with Crippen molar-refractivity contribution in [1.82, 2.24) is 4.90 Å². The van der Waals surface area contributed by atoms with E-state index in [1.54, 1.807) is 24.3 Å². The molecule has 7 heteroatoms. The topological polar surface area (TPSA) is 95.6 Å². The van der Waals surface area contributed by atoms with E-state index >= 15 is 0 Å². The van der Waals surface area contributed by atoms with Crippen LogP contribution < -0.4 is 10.6 Å². The number of anilines is 2. The zero-order valence-corrected chi connectivity index (χ0v) is 13.8. The van der Waals surface area contributed by atoms with Crippen LogP contribution in [0.15, 0.2) is 36.4 Å². The summed E-state index contributed by atoms with van der Waals surface area (Å²) < 4.78 is 0. The molecule has 1 aromatic carbocycles. The van der Waals surface area contributed by atoms with Crippen LogP contribution in [-0.2, 0) is 19.2 Å². The molecule has 0 saturated carbocycles. The highest BCUT2D eigenvalue weighted by atomic mass is 16.2. The number of rotatable bonds is 4. The van der Waals surface area contributed by atoms with Crippen LogP contribution in [0.3, 0.4) is 0 Å². The average Bonchev–Trinajstić information content (AvgIpc) is 2.80. The lowest BCUT2D eigenvalue weighted by molar-refractivity contribution is -0.142. The number of amides is 4. The predicted molar refractivity (Wildman–Crippen MR) is 91.4 cm³/mol. The van der Waals surface area contributed by atoms with E-state index in [2.05, 4.69) is 10.6 Å². The first-order valence-corrected chi connectivity index (χ1v) is 8.13. The second-order valence-corrected chi connectivity index (χ2v) is 6.23. The minimum absolute atomic E-state index is 0.215. The normalized spacial score (nSPS) is 21.9. The van der Waals surface area contributed by atoms with Crippen LogP contribution in [0.2, 0.25) is 0 Å². The molecule has 3 rings (SSSR count). The Labute approximate surface area is 145 Å². The molecule has 0 unspecified atom stereocenters. The molecule has 1 fully saturated rings. The fraction of sp³-hybridized carbons (Fsp3) is 0.333. The number of likely N-dealkylation sites (tertiary alicyclic amines) is 1. The van der Waals surface area contributed by atoms with Crippen LogP contribution in [0.5, 0.6) is 0 Å². The molecule has 1 saturated heterocycles. The van der Waals surface area contributed by atoms with Crippen molar-refractivity contribution in [2.45, 2.75) is 19.8 Å². The van der Waals surface area contributed by atoms with E-state index in [-0.39, 0.29) is 36.1 Å². The highest BCUT2D eigenvalue weighted by molar-refractivity contribution is 6.09. The van der Waals surface area contributed by atoms with Gasteiger partial charge in [0.25, 0.3) is 0 Å². The third-order valence-electron chi connectivity index (χ3n) is 4.37. The summed E-state index contributed by atoms with van der Waals surface area (Å²) in [4.78, 5) is 49.1. The molecule has 25 heavy (non-hydrogen) atoms. The van der Waals surface area contributed by atoms with Crippen LogP contribution in [0.25, 0.3) is 0 Å². The zero-order valence-electron chi connectivity index (χ0n) is 13.8. The molecule has 2 aliphatic rings. The molecule has 2 atom stereocenters. The van der Waals surface area contributed by atoms with Crippen molar-refractivity contribution in [2.24, 2.45) is 11.8 Å². The Balaban J connectivity index is 1.64. The Bertz CT molecular complexity index is 745. The van der Waals surface area contributed by atoms with Gasteiger partial charge in [0, 0.05) is 18.3 Å². The number of nitrogens with zero attached hydrogens (tertiary/aromatic N) is 1. The fourth-order valence-electron chi connectivity index (χ4n) is 3.25. The molecule has 1 heterocycles. The third kappa shape index (κ3) is 3.60. The van der Waals surface area contributed by atoms with Gasteiger partial charge in [0.1, 0.15) is 6.54 Å². The van der Waals surface area contributed by atoms with Gasteiger partial charge in [0.2, 0.25) is 23.6 Å². The predicted octanol–water partition coefficient (Wildman–Crippen LogP) is 1.53. The zero-order chi connectivity index (χ0) is 18.0. The molecule has 4 amide bonds. The first-order chi connectivity index (χ1) is 12.0. The van der Waals surface area contributed by atoms with Crippen molar-refractivity contribution in [3.05, 3.63) is 36.4 Å². The van der Waals surface area contributed by atoms with Crippen molar-refractivity contribution in [3.63, 3.8) is 0 Å². The number of fused-ring (bicyclic) bond motifs is 1. The number of hydrogen-bond donors (Lipinski definition) is 2. The first-order valence-electron chi connectivity index (χ1n) is 8.13. The van der Waals surface area contributed by atoms with E-state index in [0.29, 0.717) is 24.2 Å². The van der Waals surface area contributed by atoms with Gasteiger partial charge in [-0.25, -0.2) is 0 Å². The van der Waals surface area contributed by atoms with Crippen LogP contribution >= 0.6 is 0 Å². The maximum absolute atomic E-state index is 12.4. The largest absolute Gasteiger partial charge is 0.326 e. The van der Waals surface area contributed by atoms with Crippen molar-refractivity contribution in [3.8, 4) is 0 Å². The van der Waals surface area contributed by atoms with Crippen LogP contribution in [0.1, 0.15) is 19.8 Å². The number of imide groups is 1. The van der Waals surface area contributed by atoms with Gasteiger partial charge < -0.3 is 10.6 Å². The Morgan fingerprint density at radius 2 is 1.60 bits per heavy atom. The van der Waals surface area contributed by atoms with Gasteiger partial charge >= 0.3 is 0 Å². The van der Waals surface area contributed by atoms with Gasteiger partial charge in [-0.05, 0) is 31.0 Å². The van der Waals surface area contributed by atoms with Gasteiger partial charge in [-0.15, -0.1) is 0 Å². The molecule has 0 radical (unpaired) electrons. The SMILES string of the molecule is CC(=O)Nc1cccc(NC(=O)CN2C(=O)[C@H]3CC=CC[C@@H]3C2=O)c1. The first kappa shape index (κ1) is 16.9. The standard InChI is InChI=1S/C18H19N3O4/c1-11(22)19-12-5-4-6-13(9-12)20-16(23)10-21-17(24)14-7-2-3-8-15(14)18(21)25/h2-6,9,14-15H,7-8,10H2,1H3,(H,19,22)(H,20,23)/t14-,15-/m0/s1. The van der Waals surface area contributed by atoms with Crippen molar-refractivity contribution >= 4 is 35.0 Å². The lowest BCUT2D eigenvalue weighted by Crippen LogP contribution is -2.38. The number of allylic oxidation sites excluding steroid dienone is 2. The van der Waals surface area contributed by atoms with Gasteiger partial charge in [-0.1, -0.05) is 18.2 Å². The Hall–Kier alpha value is -2.96. The van der Waals surface area contributed by atoms with E-state index in [9.17, 15) is 19.2 Å². The average molecular weight is 341 g/mol. The van der Waals surface area contributed by atoms with Crippen LogP contribution in [-0.4, -0.2) is 35.1 Å². The highest BCUT2D eigenvalue weighted by Gasteiger charge is 2.47. The van der Waals surface area contributed by atoms with Gasteiger partial charge in [-0.2, -0.15) is 0 Å². The van der Waals surface area contributed by atoms with Crippen molar-refractivity contribution < 1.29 is 19.2 Å². The number of nitrogens with one attached hydrogen (secondary N) is 2. The maximum atomic E-state index is 12.4. The Morgan fingerprint density at radius 3 is 2.16 bits per heavy atom. The molecule has 0 spiro atoms. The van der Waals surface area contributed by atoms with Crippen molar-refractivity contribution in [2.75, 3.05) is 17.2 Å². The number of benzene rings is 1. The molecule has 0 aromatic heterocycles. The fourth-order valence-corrected chi connectivity index (χ4v) is 3.25. The number of hydrogen-bond acceptors (Lipinski definition) is 4. The summed E-state index contributed by atoms with van der Waals surface area (Å²) in [6.45, 7) is 1.10. The summed E-state index contributed by atoms with van der Waals surface area (Å²) >= 11 is 0. The molecular formula is C18H19N3O4. The lowest BCUT2D eigenvalue weighted by atomic mass is 9.85. The maximum Gasteiger partial charge on any atom is 0.244 e. The summed E-state index contributed by atoms with van der Waals surface area (Å²) in [5, 5.41) is 5.28. The summed E-state index contributed by atoms with van der Waals surface area (Å²) in [6.07, 6.45) is 4.91. The Morgan fingerprint density at radius 1 is 1.04 bits per heavy atom. The monoisotopic (exact) mass is 341 g/mol. The molecule has 2 N–H and O–H groups in total. The number of carbonyl (C=O) groups excluding carboxylic acids is 4. The molecule has 7 nitrogen and oxygen atoms in total. The Kier molecular flexibility index (Phi) is 4.65. The van der Waals surface area contributed by atoms with E-state index in [1.165, 1.54) is 6.92 Å². The summed E-state index contributed by atoms with van der Waals surface area (Å²) in [5.74, 6) is -1.90. The van der Waals surface area contributed by atoms with Gasteiger partial charge in [0.15, 0.2) is 0 Å². The lowest BCUT2D eigenvalue weighted by Gasteiger charge is -2.14. The molecule has 130 valence electrons. The summed E-state index contributed by atoms with van der Waals surface area (Å²) in [5.41, 5.74) is 1.03. The quantitative estimate of drug-likeness (QED) is 0.641. The molecule has 1 aromatic rings. The van der Waals surface area contributed by atoms with Crippen molar-refractivity contribution in [1.29, 1.82) is 0 Å². The van der Waals surface area contributed by atoms with Crippen LogP contribution in [0.4, 0.5) is 11.4 Å². The van der Waals surface area contributed by atoms with Gasteiger partial charge in [-0.3, -0.25) is 24.1 Å². The molecule has 0 bridgehead atoms. The van der Waals surface area contributed by atoms with E-state index in [0.717, 1.165) is 4.90 Å². The van der Waals surface area contributed by atoms with Crippen LogP contribution in [0, 0.1) is 11.8 Å². The van der Waals surface area contributed by atoms with E-state index < -0.39 is 5.91 Å². The van der Waals surface area contributed by atoms with E-state index in [4.69, 9.17) is 0 Å². The minimum atomic E-state index is -0.451. The molecule has 1 aliphatic heterocycles. The third-order valence-corrected chi connectivity index (χ3v) is 4.37. The molecule has 1 aliphatic carbocycles. The minimum Gasteiger partial charge on any atom is -0.326 e. The highest BCUT2D eigenvalue weighted by Crippen LogP contribution is 2.34. The van der Waals surface area contributed by atoms with Gasteiger partial charge in [0.05, 0.1) is 11.8 Å². The second-order valence-electron chi connectivity index (χ2n) is 6.23.